The van der Waals surface area contributed by atoms with Gasteiger partial charge in [0.25, 0.3) is 11.7 Å². The molecule has 1 aliphatic heterocycles. The van der Waals surface area contributed by atoms with Gasteiger partial charge >= 0.3 is 0 Å². The molecule has 0 spiro atoms. The highest BCUT2D eigenvalue weighted by molar-refractivity contribution is 6.46. The molecule has 7 heteroatoms. The number of hydrogen-bond donors (Lipinski definition) is 2. The van der Waals surface area contributed by atoms with Gasteiger partial charge in [0, 0.05) is 12.1 Å². The topological polar surface area (TPSA) is 96.3 Å². The molecule has 0 radical (unpaired) electrons. The second kappa shape index (κ2) is 10.2. The third kappa shape index (κ3) is 4.95. The molecule has 2 aromatic rings. The molecule has 0 bridgehead atoms. The fourth-order valence-electron chi connectivity index (χ4n) is 3.57. The largest absolute Gasteiger partial charge is 0.507 e. The van der Waals surface area contributed by atoms with Crippen LogP contribution >= 0.6 is 0 Å². The Kier molecular flexibility index (Phi) is 7.44. The Morgan fingerprint density at radius 3 is 2.32 bits per heavy atom. The van der Waals surface area contributed by atoms with Crippen LogP contribution in [0.15, 0.2) is 54.1 Å². The van der Waals surface area contributed by atoms with E-state index in [-0.39, 0.29) is 37.7 Å². The van der Waals surface area contributed by atoms with Gasteiger partial charge in [-0.25, -0.2) is 0 Å². The second-order valence-electron chi connectivity index (χ2n) is 7.20. The average Bonchev–Trinajstić information content (AvgIpc) is 3.02. The molecule has 1 amide bonds. The highest BCUT2D eigenvalue weighted by Gasteiger charge is 2.45. The van der Waals surface area contributed by atoms with Gasteiger partial charge in [0.15, 0.2) is 0 Å². The van der Waals surface area contributed by atoms with E-state index in [1.807, 2.05) is 38.1 Å². The van der Waals surface area contributed by atoms with Gasteiger partial charge in [-0.15, -0.1) is 0 Å². The van der Waals surface area contributed by atoms with Crippen LogP contribution in [-0.2, 0) is 14.3 Å². The van der Waals surface area contributed by atoms with Crippen LogP contribution in [-0.4, -0.2) is 59.8 Å². The third-order valence-corrected chi connectivity index (χ3v) is 5.08. The first-order valence-electron chi connectivity index (χ1n) is 10.2. The van der Waals surface area contributed by atoms with E-state index in [1.54, 1.807) is 24.3 Å². The number of Topliss-reactive ketones (excluding diaryl/α,β-unsaturated/α-hetero) is 1. The molecule has 0 aromatic heterocycles. The lowest BCUT2D eigenvalue weighted by atomic mass is 9.94. The van der Waals surface area contributed by atoms with Crippen molar-refractivity contribution >= 4 is 17.4 Å². The van der Waals surface area contributed by atoms with E-state index in [1.165, 1.54) is 4.90 Å². The van der Waals surface area contributed by atoms with Crippen molar-refractivity contribution in [2.24, 2.45) is 0 Å². The highest BCUT2D eigenvalue weighted by Crippen LogP contribution is 2.39. The Morgan fingerprint density at radius 2 is 1.71 bits per heavy atom. The summed E-state index contributed by atoms with van der Waals surface area (Å²) in [4.78, 5) is 27.1. The number of likely N-dealkylation sites (tertiary alicyclic amines) is 1. The molecule has 3 rings (SSSR count). The summed E-state index contributed by atoms with van der Waals surface area (Å²) >= 11 is 0. The summed E-state index contributed by atoms with van der Waals surface area (Å²) in [6.07, 6.45) is 0. The molecule has 0 unspecified atom stereocenters. The van der Waals surface area contributed by atoms with E-state index in [2.05, 4.69) is 0 Å². The molecular formula is C24H27NO6. The minimum atomic E-state index is -0.737. The van der Waals surface area contributed by atoms with Crippen molar-refractivity contribution < 1.29 is 29.3 Å². The third-order valence-electron chi connectivity index (χ3n) is 5.08. The van der Waals surface area contributed by atoms with Gasteiger partial charge in [0.05, 0.1) is 38.0 Å². The first kappa shape index (κ1) is 22.5. The van der Waals surface area contributed by atoms with Crippen molar-refractivity contribution in [2.75, 3.05) is 33.0 Å². The summed E-state index contributed by atoms with van der Waals surface area (Å²) in [5, 5.41) is 19.9. The monoisotopic (exact) mass is 425 g/mol. The molecule has 1 saturated heterocycles. The van der Waals surface area contributed by atoms with Crippen molar-refractivity contribution in [3.8, 4) is 5.75 Å². The molecule has 1 fully saturated rings. The zero-order chi connectivity index (χ0) is 22.4. The number of benzene rings is 2. The number of ketones is 1. The van der Waals surface area contributed by atoms with Crippen LogP contribution in [0.2, 0.25) is 0 Å². The van der Waals surface area contributed by atoms with Crippen molar-refractivity contribution in [3.05, 3.63) is 70.8 Å². The van der Waals surface area contributed by atoms with Gasteiger partial charge < -0.3 is 24.6 Å². The number of aliphatic hydroxyl groups is 2. The minimum Gasteiger partial charge on any atom is -0.507 e. The Balaban J connectivity index is 2.02. The van der Waals surface area contributed by atoms with Crippen LogP contribution in [0.1, 0.15) is 29.7 Å². The normalized spacial score (nSPS) is 17.9. The van der Waals surface area contributed by atoms with Gasteiger partial charge in [0.1, 0.15) is 11.5 Å². The van der Waals surface area contributed by atoms with Crippen molar-refractivity contribution in [1.82, 2.24) is 4.90 Å². The first-order chi connectivity index (χ1) is 15.0. The maximum absolute atomic E-state index is 12.9. The van der Waals surface area contributed by atoms with E-state index in [9.17, 15) is 14.7 Å². The summed E-state index contributed by atoms with van der Waals surface area (Å²) in [5.74, 6) is -1.01. The summed E-state index contributed by atoms with van der Waals surface area (Å²) in [6.45, 7) is 4.68. The average molecular weight is 425 g/mol. The van der Waals surface area contributed by atoms with E-state index in [4.69, 9.17) is 14.6 Å². The predicted octanol–water partition coefficient (Wildman–Crippen LogP) is 2.82. The number of ether oxygens (including phenoxy) is 2. The van der Waals surface area contributed by atoms with Crippen molar-refractivity contribution in [1.29, 1.82) is 0 Å². The Hall–Kier alpha value is -3.16. The molecule has 1 heterocycles. The predicted molar refractivity (Wildman–Crippen MR) is 116 cm³/mol. The van der Waals surface area contributed by atoms with Gasteiger partial charge in [-0.1, -0.05) is 29.8 Å². The molecule has 0 aliphatic carbocycles. The van der Waals surface area contributed by atoms with E-state index in [0.29, 0.717) is 17.9 Å². The summed E-state index contributed by atoms with van der Waals surface area (Å²) in [7, 11) is 0. The zero-order valence-electron chi connectivity index (χ0n) is 17.7. The number of amides is 1. The maximum Gasteiger partial charge on any atom is 0.295 e. The number of nitrogens with zero attached hydrogens (tertiary/aromatic N) is 1. The Labute approximate surface area is 181 Å². The fourth-order valence-corrected chi connectivity index (χ4v) is 3.57. The molecule has 7 nitrogen and oxygen atoms in total. The Bertz CT molecular complexity index is 949. The number of hydrogen-bond acceptors (Lipinski definition) is 6. The minimum absolute atomic E-state index is 0.0418. The number of carbonyl (C=O) groups excluding carboxylic acids is 2. The lowest BCUT2D eigenvalue weighted by molar-refractivity contribution is -0.140. The fraction of sp³-hybridized carbons (Fsp3) is 0.333. The van der Waals surface area contributed by atoms with Crippen molar-refractivity contribution in [2.45, 2.75) is 19.9 Å². The number of aryl methyl sites for hydroxylation is 1. The Morgan fingerprint density at radius 1 is 1.03 bits per heavy atom. The van der Waals surface area contributed by atoms with Gasteiger partial charge in [-0.3, -0.25) is 9.59 Å². The molecule has 1 atom stereocenters. The molecule has 164 valence electrons. The molecule has 31 heavy (non-hydrogen) atoms. The van der Waals surface area contributed by atoms with Crippen LogP contribution in [0.4, 0.5) is 0 Å². The molecular weight excluding hydrogens is 398 g/mol. The summed E-state index contributed by atoms with van der Waals surface area (Å²) in [5.41, 5.74) is 2.23. The molecule has 2 aromatic carbocycles. The van der Waals surface area contributed by atoms with E-state index in [0.717, 1.165) is 11.1 Å². The van der Waals surface area contributed by atoms with Crippen LogP contribution in [0.25, 0.3) is 5.76 Å². The molecule has 1 aliphatic rings. The SMILES string of the molecule is CCOc1ccc(C(O)=C2C(=O)C(=O)N(CCOCCO)[C@@H]2c2ccc(C)cc2)cc1. The van der Waals surface area contributed by atoms with Crippen LogP contribution < -0.4 is 4.74 Å². The smallest absolute Gasteiger partial charge is 0.295 e. The van der Waals surface area contributed by atoms with Crippen LogP contribution in [0, 0.1) is 6.92 Å². The van der Waals surface area contributed by atoms with Gasteiger partial charge in [-0.05, 0) is 43.7 Å². The standard InChI is InChI=1S/C24H27NO6/c1-3-31-19-10-8-18(9-11-19)22(27)20-21(17-6-4-16(2)5-7-17)25(24(29)23(20)28)12-14-30-15-13-26/h4-11,21,26-27H,3,12-15H2,1-2H3/t21-/m1/s1. The highest BCUT2D eigenvalue weighted by atomic mass is 16.5. The maximum atomic E-state index is 12.9. The lowest BCUT2D eigenvalue weighted by Gasteiger charge is -2.25. The quantitative estimate of drug-likeness (QED) is 0.278. The van der Waals surface area contributed by atoms with Crippen LogP contribution in [0.3, 0.4) is 0 Å². The molecule has 0 saturated carbocycles. The number of carbonyl (C=O) groups is 2. The second-order valence-corrected chi connectivity index (χ2v) is 7.20. The zero-order valence-corrected chi connectivity index (χ0v) is 17.7. The molecule has 2 N–H and O–H groups in total. The van der Waals surface area contributed by atoms with E-state index < -0.39 is 17.7 Å². The first-order valence-corrected chi connectivity index (χ1v) is 10.2. The summed E-state index contributed by atoms with van der Waals surface area (Å²) in [6, 6.07) is 13.5. The van der Waals surface area contributed by atoms with Gasteiger partial charge in [-0.2, -0.15) is 0 Å². The lowest BCUT2D eigenvalue weighted by Crippen LogP contribution is -2.33. The van der Waals surface area contributed by atoms with E-state index >= 15 is 0 Å². The summed E-state index contributed by atoms with van der Waals surface area (Å²) < 4.78 is 10.7. The number of aliphatic hydroxyl groups excluding tert-OH is 2. The van der Waals surface area contributed by atoms with Crippen LogP contribution in [0.5, 0.6) is 5.75 Å². The van der Waals surface area contributed by atoms with Gasteiger partial charge in [0.2, 0.25) is 0 Å². The van der Waals surface area contributed by atoms with Crippen molar-refractivity contribution in [3.63, 3.8) is 0 Å². The number of rotatable bonds is 9.